The van der Waals surface area contributed by atoms with Gasteiger partial charge in [0, 0.05) is 6.20 Å². The van der Waals surface area contributed by atoms with Crippen molar-refractivity contribution in [1.82, 2.24) is 15.3 Å². The lowest BCUT2D eigenvalue weighted by atomic mass is 10.1. The van der Waals surface area contributed by atoms with Gasteiger partial charge in [-0.2, -0.15) is 0 Å². The molecule has 0 aromatic carbocycles. The maximum absolute atomic E-state index is 4.34. The van der Waals surface area contributed by atoms with Crippen LogP contribution < -0.4 is 5.32 Å². The molecule has 0 saturated heterocycles. The fraction of sp³-hybridized carbons (Fsp3) is 0.455. The number of aromatic nitrogens is 2. The number of aryl methyl sites for hydroxylation is 1. The molecule has 0 spiro atoms. The highest BCUT2D eigenvalue weighted by Crippen LogP contribution is 2.14. The van der Waals surface area contributed by atoms with Crippen LogP contribution in [0.1, 0.15) is 30.3 Å². The van der Waals surface area contributed by atoms with E-state index in [1.165, 1.54) is 0 Å². The highest BCUT2D eigenvalue weighted by molar-refractivity contribution is 5.05. The first-order valence-corrected chi connectivity index (χ1v) is 4.84. The third kappa shape index (κ3) is 2.92. The Labute approximate surface area is 85.3 Å². The van der Waals surface area contributed by atoms with Crippen LogP contribution in [0.5, 0.6) is 0 Å². The maximum Gasteiger partial charge on any atom is 0.0756 e. The second-order valence-corrected chi connectivity index (χ2v) is 3.29. The summed E-state index contributed by atoms with van der Waals surface area (Å²) in [6.07, 6.45) is 7.55. The molecule has 0 bridgehead atoms. The number of hydrogen-bond donors (Lipinski definition) is 1. The molecular weight excluding hydrogens is 174 g/mol. The molecule has 0 amide bonds. The fourth-order valence-corrected chi connectivity index (χ4v) is 1.31. The normalized spacial score (nSPS) is 12.4. The monoisotopic (exact) mass is 191 g/mol. The van der Waals surface area contributed by atoms with Crippen molar-refractivity contribution in [2.45, 2.75) is 25.8 Å². The zero-order valence-corrected chi connectivity index (χ0v) is 8.83. The van der Waals surface area contributed by atoms with Gasteiger partial charge in [-0.1, -0.05) is 6.08 Å². The van der Waals surface area contributed by atoms with Crippen molar-refractivity contribution in [3.63, 3.8) is 0 Å². The molecule has 3 nitrogen and oxygen atoms in total. The van der Waals surface area contributed by atoms with Gasteiger partial charge in [0.25, 0.3) is 0 Å². The van der Waals surface area contributed by atoms with E-state index in [9.17, 15) is 0 Å². The highest BCUT2D eigenvalue weighted by Gasteiger charge is 2.09. The molecule has 0 radical (unpaired) electrons. The Bertz CT molecular complexity index is 279. The van der Waals surface area contributed by atoms with Crippen LogP contribution in [0.3, 0.4) is 0 Å². The van der Waals surface area contributed by atoms with E-state index in [1.807, 2.05) is 26.2 Å². The van der Waals surface area contributed by atoms with Crippen LogP contribution in [-0.2, 0) is 0 Å². The van der Waals surface area contributed by atoms with Crippen LogP contribution in [0.4, 0.5) is 0 Å². The maximum atomic E-state index is 4.34. The largest absolute Gasteiger partial charge is 0.312 e. The van der Waals surface area contributed by atoms with Crippen LogP contribution in [0.15, 0.2) is 25.0 Å². The summed E-state index contributed by atoms with van der Waals surface area (Å²) in [5, 5.41) is 3.22. The summed E-state index contributed by atoms with van der Waals surface area (Å²) in [5.74, 6) is 0. The molecule has 1 unspecified atom stereocenters. The van der Waals surface area contributed by atoms with Gasteiger partial charge in [-0.15, -0.1) is 6.58 Å². The zero-order valence-electron chi connectivity index (χ0n) is 8.83. The molecule has 0 fully saturated rings. The smallest absolute Gasteiger partial charge is 0.0756 e. The van der Waals surface area contributed by atoms with Gasteiger partial charge in [-0.25, -0.2) is 0 Å². The van der Waals surface area contributed by atoms with Gasteiger partial charge in [-0.3, -0.25) is 9.97 Å². The van der Waals surface area contributed by atoms with Crippen LogP contribution in [-0.4, -0.2) is 17.0 Å². The van der Waals surface area contributed by atoms with Gasteiger partial charge < -0.3 is 5.32 Å². The van der Waals surface area contributed by atoms with Crippen LogP contribution in [0.25, 0.3) is 0 Å². The lowest BCUT2D eigenvalue weighted by Crippen LogP contribution is -2.17. The Morgan fingerprint density at radius 2 is 2.29 bits per heavy atom. The number of rotatable bonds is 5. The molecule has 1 atom stereocenters. The lowest BCUT2D eigenvalue weighted by Gasteiger charge is -2.13. The van der Waals surface area contributed by atoms with Crippen molar-refractivity contribution in [2.75, 3.05) is 7.05 Å². The van der Waals surface area contributed by atoms with Crippen LogP contribution >= 0.6 is 0 Å². The second-order valence-electron chi connectivity index (χ2n) is 3.29. The number of hydrogen-bond acceptors (Lipinski definition) is 3. The van der Waals surface area contributed by atoms with E-state index < -0.39 is 0 Å². The van der Waals surface area contributed by atoms with Gasteiger partial charge in [0.05, 0.1) is 23.6 Å². The molecule has 76 valence electrons. The molecule has 1 rings (SSSR count). The number of nitrogens with zero attached hydrogens (tertiary/aromatic N) is 2. The molecule has 0 aliphatic rings. The summed E-state index contributed by atoms with van der Waals surface area (Å²) in [6.45, 7) is 5.65. The van der Waals surface area contributed by atoms with E-state index >= 15 is 0 Å². The first-order valence-electron chi connectivity index (χ1n) is 4.84. The van der Waals surface area contributed by atoms with Crippen LogP contribution in [0, 0.1) is 6.92 Å². The molecular formula is C11H17N3. The van der Waals surface area contributed by atoms with Gasteiger partial charge >= 0.3 is 0 Å². The Morgan fingerprint density at radius 3 is 2.79 bits per heavy atom. The number of nitrogens with one attached hydrogen (secondary N) is 1. The second kappa shape index (κ2) is 5.50. The Balaban J connectivity index is 2.68. The van der Waals surface area contributed by atoms with E-state index in [1.54, 1.807) is 6.20 Å². The van der Waals surface area contributed by atoms with Crippen molar-refractivity contribution in [1.29, 1.82) is 0 Å². The third-order valence-corrected chi connectivity index (χ3v) is 2.17. The molecule has 0 aliphatic heterocycles. The van der Waals surface area contributed by atoms with Crippen molar-refractivity contribution in [3.8, 4) is 0 Å². The van der Waals surface area contributed by atoms with E-state index in [4.69, 9.17) is 0 Å². The SMILES string of the molecule is C=CCCC(NC)c1cnc(C)cn1. The summed E-state index contributed by atoms with van der Waals surface area (Å²) in [5.41, 5.74) is 1.95. The lowest BCUT2D eigenvalue weighted by molar-refractivity contribution is 0.538. The van der Waals surface area contributed by atoms with Crippen molar-refractivity contribution in [2.24, 2.45) is 0 Å². The minimum absolute atomic E-state index is 0.279. The minimum atomic E-state index is 0.279. The fourth-order valence-electron chi connectivity index (χ4n) is 1.31. The molecule has 1 N–H and O–H groups in total. The summed E-state index contributed by atoms with van der Waals surface area (Å²) in [4.78, 5) is 8.57. The Hall–Kier alpha value is -1.22. The zero-order chi connectivity index (χ0) is 10.4. The van der Waals surface area contributed by atoms with Crippen molar-refractivity contribution in [3.05, 3.63) is 36.4 Å². The van der Waals surface area contributed by atoms with E-state index in [-0.39, 0.29) is 6.04 Å². The summed E-state index contributed by atoms with van der Waals surface area (Å²) < 4.78 is 0. The summed E-state index contributed by atoms with van der Waals surface area (Å²) in [6, 6.07) is 0.279. The van der Waals surface area contributed by atoms with E-state index in [2.05, 4.69) is 21.9 Å². The van der Waals surface area contributed by atoms with Crippen molar-refractivity contribution >= 4 is 0 Å². The van der Waals surface area contributed by atoms with Gasteiger partial charge in [-0.05, 0) is 26.8 Å². The minimum Gasteiger partial charge on any atom is -0.312 e. The summed E-state index contributed by atoms with van der Waals surface area (Å²) >= 11 is 0. The molecule has 0 aliphatic carbocycles. The number of allylic oxidation sites excluding steroid dienone is 1. The van der Waals surface area contributed by atoms with Crippen LogP contribution in [0.2, 0.25) is 0 Å². The first kappa shape index (κ1) is 10.9. The molecule has 1 aromatic rings. The van der Waals surface area contributed by atoms with Crippen molar-refractivity contribution < 1.29 is 0 Å². The molecule has 1 heterocycles. The summed E-state index contributed by atoms with van der Waals surface area (Å²) in [7, 11) is 1.94. The topological polar surface area (TPSA) is 37.8 Å². The van der Waals surface area contributed by atoms with Gasteiger partial charge in [0.15, 0.2) is 0 Å². The highest BCUT2D eigenvalue weighted by atomic mass is 14.9. The average Bonchev–Trinajstić information content (AvgIpc) is 2.21. The predicted octanol–water partition coefficient (Wildman–Crippen LogP) is 2.01. The van der Waals surface area contributed by atoms with Gasteiger partial charge in [0.2, 0.25) is 0 Å². The Kier molecular flexibility index (Phi) is 4.26. The molecule has 0 saturated carbocycles. The Morgan fingerprint density at radius 1 is 1.50 bits per heavy atom. The third-order valence-electron chi connectivity index (χ3n) is 2.17. The van der Waals surface area contributed by atoms with E-state index in [0.717, 1.165) is 24.2 Å². The average molecular weight is 191 g/mol. The standard InChI is InChI=1S/C11H17N3/c1-4-5-6-10(12-3)11-8-13-9(2)7-14-11/h4,7-8,10,12H,1,5-6H2,2-3H3. The quantitative estimate of drug-likeness (QED) is 0.723. The molecule has 3 heteroatoms. The predicted molar refractivity (Wildman–Crippen MR) is 58.0 cm³/mol. The molecule has 14 heavy (non-hydrogen) atoms. The molecule has 1 aromatic heterocycles. The van der Waals surface area contributed by atoms with E-state index in [0.29, 0.717) is 0 Å². The van der Waals surface area contributed by atoms with Gasteiger partial charge in [0.1, 0.15) is 0 Å². The first-order chi connectivity index (χ1) is 6.77.